The Morgan fingerprint density at radius 1 is 1.41 bits per heavy atom. The second-order valence-corrected chi connectivity index (χ2v) is 9.51. The maximum atomic E-state index is 12.0. The first-order valence-corrected chi connectivity index (χ1v) is 11.8. The monoisotopic (exact) mass is 436 g/mol. The van der Waals surface area contributed by atoms with Crippen molar-refractivity contribution in [3.05, 3.63) is 41.5 Å². The largest absolute Gasteiger partial charge is 0.616 e. The van der Waals surface area contributed by atoms with Crippen LogP contribution in [0.4, 0.5) is 0 Å². The van der Waals surface area contributed by atoms with E-state index in [4.69, 9.17) is 16.8 Å². The maximum absolute atomic E-state index is 12.0. The van der Waals surface area contributed by atoms with E-state index in [1.165, 1.54) is 17.4 Å². The molecule has 158 valence electrons. The number of hydroxylamine groups is 1. The summed E-state index contributed by atoms with van der Waals surface area (Å²) in [4.78, 5) is 14.1. The number of halogens is 1. The highest BCUT2D eigenvalue weighted by atomic mass is 35.5. The Bertz CT molecular complexity index is 771. The molecule has 2 N–H and O–H groups in total. The van der Waals surface area contributed by atoms with Gasteiger partial charge in [-0.15, -0.1) is 11.6 Å². The summed E-state index contributed by atoms with van der Waals surface area (Å²) in [6.07, 6.45) is 6.76. The standard InChI is InChI=1S/C22H29ClN2O3S/c1-22(29(2)28,21(26)24-27)13-17-25-15-11-20(12-16-25)19-9-7-18(8-10-19)6-4-3-5-14-23/h7-11,27H,3,5,12-17H2,1-2H3,(H,24,26). The molecule has 0 bridgehead atoms. The van der Waals surface area contributed by atoms with Crippen LogP contribution in [0.2, 0.25) is 0 Å². The van der Waals surface area contributed by atoms with Gasteiger partial charge < -0.3 is 4.55 Å². The molecule has 5 nitrogen and oxygen atoms in total. The number of rotatable bonds is 8. The first kappa shape index (κ1) is 23.8. The molecule has 1 amide bonds. The first-order valence-electron chi connectivity index (χ1n) is 9.75. The van der Waals surface area contributed by atoms with E-state index in [2.05, 4.69) is 34.9 Å². The second-order valence-electron chi connectivity index (χ2n) is 7.33. The predicted molar refractivity (Wildman–Crippen MR) is 119 cm³/mol. The highest BCUT2D eigenvalue weighted by Gasteiger charge is 2.42. The normalized spacial score (nSPS) is 17.5. The Kier molecular flexibility index (Phi) is 9.54. The van der Waals surface area contributed by atoms with Crippen LogP contribution in [-0.4, -0.2) is 57.1 Å². The lowest BCUT2D eigenvalue weighted by Gasteiger charge is -2.32. The Labute approximate surface area is 181 Å². The van der Waals surface area contributed by atoms with Crippen molar-refractivity contribution >= 4 is 34.3 Å². The molecule has 0 spiro atoms. The summed E-state index contributed by atoms with van der Waals surface area (Å²) in [6.45, 7) is 3.92. The molecule has 1 aliphatic rings. The van der Waals surface area contributed by atoms with Crippen LogP contribution < -0.4 is 5.48 Å². The van der Waals surface area contributed by atoms with Gasteiger partial charge in [0.1, 0.15) is 0 Å². The van der Waals surface area contributed by atoms with Crippen molar-refractivity contribution in [1.82, 2.24) is 10.4 Å². The Balaban J connectivity index is 1.91. The number of carbonyl (C=O) groups is 1. The fraction of sp³-hybridized carbons (Fsp3) is 0.500. The summed E-state index contributed by atoms with van der Waals surface area (Å²) in [7, 11) is 0. The molecule has 1 aromatic rings. The van der Waals surface area contributed by atoms with Crippen molar-refractivity contribution in [1.29, 1.82) is 0 Å². The fourth-order valence-corrected chi connectivity index (χ4v) is 3.96. The van der Waals surface area contributed by atoms with Gasteiger partial charge in [0.05, 0.1) is 6.26 Å². The lowest BCUT2D eigenvalue weighted by atomic mass is 9.98. The van der Waals surface area contributed by atoms with Crippen LogP contribution >= 0.6 is 11.6 Å². The minimum Gasteiger partial charge on any atom is -0.616 e. The Hall–Kier alpha value is -1.49. The van der Waals surface area contributed by atoms with Gasteiger partial charge >= 0.3 is 0 Å². The molecule has 1 aliphatic heterocycles. The molecule has 1 heterocycles. The average Bonchev–Trinajstić information content (AvgIpc) is 2.75. The number of hydrogen-bond donors (Lipinski definition) is 2. The molecular weight excluding hydrogens is 408 g/mol. The number of alkyl halides is 1. The zero-order chi connectivity index (χ0) is 21.3. The summed E-state index contributed by atoms with van der Waals surface area (Å²) >= 11 is 4.28. The van der Waals surface area contributed by atoms with Crippen molar-refractivity contribution in [3.63, 3.8) is 0 Å². The molecule has 0 saturated heterocycles. The van der Waals surface area contributed by atoms with E-state index in [0.29, 0.717) is 18.8 Å². The van der Waals surface area contributed by atoms with E-state index in [0.717, 1.165) is 37.9 Å². The number of carbonyl (C=O) groups excluding carboxylic acids is 1. The van der Waals surface area contributed by atoms with Crippen LogP contribution in [0, 0.1) is 11.8 Å². The van der Waals surface area contributed by atoms with Crippen LogP contribution in [-0.2, 0) is 16.0 Å². The lowest BCUT2D eigenvalue weighted by molar-refractivity contribution is -0.131. The molecule has 0 radical (unpaired) electrons. The van der Waals surface area contributed by atoms with Gasteiger partial charge in [-0.2, -0.15) is 0 Å². The summed E-state index contributed by atoms with van der Waals surface area (Å²) in [6, 6.07) is 8.31. The zero-order valence-electron chi connectivity index (χ0n) is 17.0. The summed E-state index contributed by atoms with van der Waals surface area (Å²) in [5, 5.41) is 8.94. The van der Waals surface area contributed by atoms with Gasteiger partial charge in [0.2, 0.25) is 4.75 Å². The van der Waals surface area contributed by atoms with E-state index in [9.17, 15) is 9.35 Å². The first-order chi connectivity index (χ1) is 13.9. The van der Waals surface area contributed by atoms with Crippen molar-refractivity contribution in [2.75, 3.05) is 31.8 Å². The number of nitrogens with one attached hydrogen (secondary N) is 1. The molecule has 2 unspecified atom stereocenters. The van der Waals surface area contributed by atoms with E-state index in [1.807, 2.05) is 12.1 Å². The molecule has 7 heteroatoms. The fourth-order valence-electron chi connectivity index (χ4n) is 3.14. The van der Waals surface area contributed by atoms with Crippen LogP contribution in [0.5, 0.6) is 0 Å². The molecular formula is C22H29ClN2O3S. The number of hydrogen-bond acceptors (Lipinski definition) is 4. The van der Waals surface area contributed by atoms with Crippen molar-refractivity contribution in [2.24, 2.45) is 0 Å². The second kappa shape index (κ2) is 11.6. The molecule has 2 rings (SSSR count). The van der Waals surface area contributed by atoms with Gasteiger partial charge in [0, 0.05) is 43.9 Å². The van der Waals surface area contributed by atoms with Crippen molar-refractivity contribution in [2.45, 2.75) is 37.4 Å². The van der Waals surface area contributed by atoms with E-state index >= 15 is 0 Å². The number of nitrogens with zero attached hydrogens (tertiary/aromatic N) is 1. The van der Waals surface area contributed by atoms with Crippen LogP contribution in [0.15, 0.2) is 30.3 Å². The molecule has 0 fully saturated rings. The van der Waals surface area contributed by atoms with Gasteiger partial charge in [-0.25, -0.2) is 5.48 Å². The number of benzene rings is 1. The molecule has 2 atom stereocenters. The average molecular weight is 437 g/mol. The van der Waals surface area contributed by atoms with Crippen LogP contribution in [0.25, 0.3) is 5.57 Å². The highest BCUT2D eigenvalue weighted by molar-refractivity contribution is 7.92. The van der Waals surface area contributed by atoms with Crippen molar-refractivity contribution in [3.8, 4) is 11.8 Å². The van der Waals surface area contributed by atoms with Gasteiger partial charge in [-0.05, 0) is 54.2 Å². The van der Waals surface area contributed by atoms with Gasteiger partial charge in [0.25, 0.3) is 5.91 Å². The molecule has 0 aliphatic carbocycles. The van der Waals surface area contributed by atoms with Gasteiger partial charge in [-0.3, -0.25) is 14.9 Å². The molecule has 29 heavy (non-hydrogen) atoms. The highest BCUT2D eigenvalue weighted by Crippen LogP contribution is 2.25. The third kappa shape index (κ3) is 6.77. The van der Waals surface area contributed by atoms with Gasteiger partial charge in [0.15, 0.2) is 0 Å². The smallest absolute Gasteiger partial charge is 0.299 e. The van der Waals surface area contributed by atoms with E-state index in [-0.39, 0.29) is 0 Å². The lowest BCUT2D eigenvalue weighted by Crippen LogP contribution is -2.51. The van der Waals surface area contributed by atoms with E-state index < -0.39 is 21.8 Å². The summed E-state index contributed by atoms with van der Waals surface area (Å²) in [5.41, 5.74) is 5.17. The third-order valence-electron chi connectivity index (χ3n) is 5.34. The molecule has 1 aromatic carbocycles. The predicted octanol–water partition coefficient (Wildman–Crippen LogP) is 3.18. The van der Waals surface area contributed by atoms with Gasteiger partial charge in [-0.1, -0.05) is 30.0 Å². The minimum atomic E-state index is -1.38. The number of amides is 1. The number of unbranched alkanes of at least 4 members (excludes halogenated alkanes) is 1. The summed E-state index contributed by atoms with van der Waals surface area (Å²) < 4.78 is 10.9. The molecule has 0 saturated carbocycles. The SMILES string of the molecule is C[S+]([O-])C(C)(CCN1CC=C(c2ccc(C#CCCCCl)cc2)CC1)C(=O)NO. The Morgan fingerprint density at radius 2 is 2.14 bits per heavy atom. The topological polar surface area (TPSA) is 75.6 Å². The van der Waals surface area contributed by atoms with Crippen LogP contribution in [0.1, 0.15) is 43.7 Å². The van der Waals surface area contributed by atoms with E-state index in [1.54, 1.807) is 12.4 Å². The summed E-state index contributed by atoms with van der Waals surface area (Å²) in [5.74, 6) is 6.33. The molecule has 0 aromatic heterocycles. The minimum absolute atomic E-state index is 0.419. The maximum Gasteiger partial charge on any atom is 0.299 e. The Morgan fingerprint density at radius 3 is 2.69 bits per heavy atom. The zero-order valence-corrected chi connectivity index (χ0v) is 18.6. The quantitative estimate of drug-likeness (QED) is 0.164. The van der Waals surface area contributed by atoms with Crippen LogP contribution in [0.3, 0.4) is 0 Å². The van der Waals surface area contributed by atoms with Crippen molar-refractivity contribution < 1.29 is 14.6 Å². The third-order valence-corrected chi connectivity index (χ3v) is 7.26.